The number of ketones is 1. The van der Waals surface area contributed by atoms with E-state index in [4.69, 9.17) is 9.47 Å². The molecule has 0 N–H and O–H groups in total. The molecule has 4 heteroatoms. The lowest BCUT2D eigenvalue weighted by Gasteiger charge is -2.07. The number of carbonyl (C=O) groups excluding carboxylic acids is 2. The van der Waals surface area contributed by atoms with Crippen molar-refractivity contribution in [1.29, 1.82) is 0 Å². The maximum absolute atomic E-state index is 12.7. The SMILES string of the molecule is Cc1ccc(/C=C2\Oc3cc(OC(=O)c4ccccc4)cc(C)c3C2=O)cc1. The zero-order chi connectivity index (χ0) is 19.7. The molecule has 0 atom stereocenters. The Labute approximate surface area is 163 Å². The van der Waals surface area contributed by atoms with Gasteiger partial charge in [0.05, 0.1) is 11.1 Å². The third kappa shape index (κ3) is 3.45. The van der Waals surface area contributed by atoms with Gasteiger partial charge in [-0.25, -0.2) is 4.79 Å². The highest BCUT2D eigenvalue weighted by Crippen LogP contribution is 2.37. The van der Waals surface area contributed by atoms with Crippen molar-refractivity contribution in [3.63, 3.8) is 0 Å². The van der Waals surface area contributed by atoms with Crippen LogP contribution < -0.4 is 9.47 Å². The number of carbonyl (C=O) groups is 2. The lowest BCUT2D eigenvalue weighted by molar-refractivity contribution is 0.0734. The molecule has 0 radical (unpaired) electrons. The molecule has 4 nitrogen and oxygen atoms in total. The van der Waals surface area contributed by atoms with Crippen molar-refractivity contribution in [2.45, 2.75) is 13.8 Å². The maximum Gasteiger partial charge on any atom is 0.343 e. The zero-order valence-corrected chi connectivity index (χ0v) is 15.6. The molecule has 0 spiro atoms. The molecule has 0 saturated carbocycles. The number of benzene rings is 3. The molecule has 1 heterocycles. The van der Waals surface area contributed by atoms with E-state index >= 15 is 0 Å². The number of ether oxygens (including phenoxy) is 2. The molecule has 28 heavy (non-hydrogen) atoms. The van der Waals surface area contributed by atoms with Crippen molar-refractivity contribution >= 4 is 17.8 Å². The molecule has 138 valence electrons. The Hall–Kier alpha value is -3.66. The van der Waals surface area contributed by atoms with E-state index in [1.807, 2.05) is 37.3 Å². The first kappa shape index (κ1) is 17.7. The van der Waals surface area contributed by atoms with Gasteiger partial charge in [-0.05, 0) is 49.2 Å². The molecule has 0 saturated heterocycles. The second-order valence-corrected chi connectivity index (χ2v) is 6.72. The number of esters is 1. The van der Waals surface area contributed by atoms with Gasteiger partial charge in [0.2, 0.25) is 5.78 Å². The fraction of sp³-hybridized carbons (Fsp3) is 0.0833. The highest BCUT2D eigenvalue weighted by Gasteiger charge is 2.30. The van der Waals surface area contributed by atoms with Gasteiger partial charge in [-0.1, -0.05) is 48.0 Å². The maximum atomic E-state index is 12.7. The molecule has 4 rings (SSSR count). The van der Waals surface area contributed by atoms with Gasteiger partial charge >= 0.3 is 5.97 Å². The van der Waals surface area contributed by atoms with Gasteiger partial charge in [0, 0.05) is 6.07 Å². The molecule has 0 aromatic heterocycles. The van der Waals surface area contributed by atoms with Gasteiger partial charge < -0.3 is 9.47 Å². The molecule has 0 aliphatic carbocycles. The van der Waals surface area contributed by atoms with Crippen molar-refractivity contribution in [3.8, 4) is 11.5 Å². The van der Waals surface area contributed by atoms with E-state index in [-0.39, 0.29) is 11.5 Å². The van der Waals surface area contributed by atoms with Crippen LogP contribution in [0.4, 0.5) is 0 Å². The van der Waals surface area contributed by atoms with Gasteiger partial charge in [-0.3, -0.25) is 4.79 Å². The van der Waals surface area contributed by atoms with Gasteiger partial charge in [-0.15, -0.1) is 0 Å². The highest BCUT2D eigenvalue weighted by atomic mass is 16.5. The van der Waals surface area contributed by atoms with E-state index in [0.29, 0.717) is 28.2 Å². The number of aryl methyl sites for hydroxylation is 2. The van der Waals surface area contributed by atoms with Crippen LogP contribution in [0.2, 0.25) is 0 Å². The Bertz CT molecular complexity index is 1090. The summed E-state index contributed by atoms with van der Waals surface area (Å²) in [6.45, 7) is 3.81. The quantitative estimate of drug-likeness (QED) is 0.364. The lowest BCUT2D eigenvalue weighted by atomic mass is 10.0. The average Bonchev–Trinajstić information content (AvgIpc) is 3.00. The van der Waals surface area contributed by atoms with Crippen LogP contribution in [0, 0.1) is 13.8 Å². The first-order chi connectivity index (χ1) is 13.5. The van der Waals surface area contributed by atoms with Crippen LogP contribution in [0.5, 0.6) is 11.5 Å². The van der Waals surface area contributed by atoms with Crippen molar-refractivity contribution in [1.82, 2.24) is 0 Å². The minimum absolute atomic E-state index is 0.172. The van der Waals surface area contributed by atoms with Crippen LogP contribution in [-0.2, 0) is 0 Å². The predicted molar refractivity (Wildman–Crippen MR) is 107 cm³/mol. The fourth-order valence-electron chi connectivity index (χ4n) is 3.09. The third-order valence-electron chi connectivity index (χ3n) is 4.54. The first-order valence-electron chi connectivity index (χ1n) is 8.94. The summed E-state index contributed by atoms with van der Waals surface area (Å²) in [5, 5.41) is 0. The van der Waals surface area contributed by atoms with E-state index < -0.39 is 5.97 Å². The molecule has 1 aliphatic rings. The molecule has 1 aliphatic heterocycles. The van der Waals surface area contributed by atoms with E-state index in [0.717, 1.165) is 11.1 Å². The third-order valence-corrected chi connectivity index (χ3v) is 4.54. The van der Waals surface area contributed by atoms with Gasteiger partial charge in [0.15, 0.2) is 5.76 Å². The van der Waals surface area contributed by atoms with Gasteiger partial charge in [-0.2, -0.15) is 0 Å². The van der Waals surface area contributed by atoms with E-state index in [1.165, 1.54) is 0 Å². The summed E-state index contributed by atoms with van der Waals surface area (Å²) in [5.74, 6) is 0.371. The summed E-state index contributed by atoms with van der Waals surface area (Å²) in [4.78, 5) is 25.0. The smallest absolute Gasteiger partial charge is 0.343 e. The van der Waals surface area contributed by atoms with Crippen LogP contribution >= 0.6 is 0 Å². The monoisotopic (exact) mass is 370 g/mol. The summed E-state index contributed by atoms with van der Waals surface area (Å²) in [5.41, 5.74) is 3.68. The van der Waals surface area contributed by atoms with Gasteiger partial charge in [0.25, 0.3) is 0 Å². The molecule has 3 aromatic rings. The van der Waals surface area contributed by atoms with Crippen molar-refractivity contribution in [2.75, 3.05) is 0 Å². The molecule has 0 bridgehead atoms. The van der Waals surface area contributed by atoms with Crippen LogP contribution in [0.15, 0.2) is 72.5 Å². The largest absolute Gasteiger partial charge is 0.452 e. The Morgan fingerprint density at radius 3 is 2.39 bits per heavy atom. The van der Waals surface area contributed by atoms with Crippen molar-refractivity contribution < 1.29 is 19.1 Å². The normalized spacial score (nSPS) is 13.9. The topological polar surface area (TPSA) is 52.6 Å². The fourth-order valence-corrected chi connectivity index (χ4v) is 3.09. The van der Waals surface area contributed by atoms with Crippen LogP contribution in [0.1, 0.15) is 37.4 Å². The highest BCUT2D eigenvalue weighted by molar-refractivity contribution is 6.15. The van der Waals surface area contributed by atoms with Gasteiger partial charge in [0.1, 0.15) is 11.5 Å². The van der Waals surface area contributed by atoms with Crippen LogP contribution in [0.3, 0.4) is 0 Å². The first-order valence-corrected chi connectivity index (χ1v) is 8.94. The Kier molecular flexibility index (Phi) is 4.53. The van der Waals surface area contributed by atoms with E-state index in [2.05, 4.69) is 0 Å². The minimum atomic E-state index is -0.459. The zero-order valence-electron chi connectivity index (χ0n) is 15.6. The summed E-state index contributed by atoms with van der Waals surface area (Å²) in [7, 11) is 0. The number of rotatable bonds is 3. The Morgan fingerprint density at radius 2 is 1.68 bits per heavy atom. The number of hydrogen-bond donors (Lipinski definition) is 0. The molecule has 0 unspecified atom stereocenters. The Balaban J connectivity index is 1.61. The number of allylic oxidation sites excluding steroid dienone is 1. The molecule has 3 aromatic carbocycles. The molecule has 0 amide bonds. The number of Topliss-reactive ketones (excluding diaryl/α,β-unsaturated/α-hetero) is 1. The number of fused-ring (bicyclic) bond motifs is 1. The molecular formula is C24H18O4. The second-order valence-electron chi connectivity index (χ2n) is 6.72. The average molecular weight is 370 g/mol. The second kappa shape index (κ2) is 7.16. The van der Waals surface area contributed by atoms with Crippen molar-refractivity contribution in [3.05, 3.63) is 100 Å². The molecule has 0 fully saturated rings. The summed E-state index contributed by atoms with van der Waals surface area (Å²) >= 11 is 0. The Morgan fingerprint density at radius 1 is 0.964 bits per heavy atom. The molecular weight excluding hydrogens is 352 g/mol. The van der Waals surface area contributed by atoms with Crippen molar-refractivity contribution in [2.24, 2.45) is 0 Å². The standard InChI is InChI=1S/C24H18O4/c1-15-8-10-17(11-9-15)13-21-23(25)22-16(2)12-19(14-20(22)28-21)27-24(26)18-6-4-3-5-7-18/h3-14H,1-2H3/b21-13-. The minimum Gasteiger partial charge on any atom is -0.452 e. The van der Waals surface area contributed by atoms with E-state index in [1.54, 1.807) is 49.4 Å². The predicted octanol–water partition coefficient (Wildman–Crippen LogP) is 5.14. The number of hydrogen-bond acceptors (Lipinski definition) is 4. The summed E-state index contributed by atoms with van der Waals surface area (Å²) in [6.07, 6.45) is 1.72. The summed E-state index contributed by atoms with van der Waals surface area (Å²) in [6, 6.07) is 19.8. The van der Waals surface area contributed by atoms with Crippen LogP contribution in [0.25, 0.3) is 6.08 Å². The van der Waals surface area contributed by atoms with Crippen LogP contribution in [-0.4, -0.2) is 11.8 Å². The lowest BCUT2D eigenvalue weighted by Crippen LogP contribution is -2.08. The summed E-state index contributed by atoms with van der Waals surface area (Å²) < 4.78 is 11.2. The van der Waals surface area contributed by atoms with E-state index in [9.17, 15) is 9.59 Å².